The third-order valence-corrected chi connectivity index (χ3v) is 21.6. The van der Waals surface area contributed by atoms with Crippen molar-refractivity contribution in [2.24, 2.45) is 0 Å². The molecule has 4 N–H and O–H groups in total. The number of phosphoric acid groups is 2. The van der Waals surface area contributed by atoms with Crippen LogP contribution in [0.15, 0.2) is 122 Å². The first-order valence-electron chi connectivity index (χ1n) is 45.8. The molecular formula is C95H168O16P2. The van der Waals surface area contributed by atoms with Crippen LogP contribution in [0.25, 0.3) is 0 Å². The van der Waals surface area contributed by atoms with E-state index in [4.69, 9.17) is 32.3 Å². The van der Waals surface area contributed by atoms with Crippen molar-refractivity contribution >= 4 is 33.6 Å². The summed E-state index contributed by atoms with van der Waals surface area (Å²) in [5, 5.41) is 20.7. The predicted octanol–water partition coefficient (Wildman–Crippen LogP) is 28.0. The minimum Gasteiger partial charge on any atom is -0.463 e. The molecule has 0 spiro atoms. The van der Waals surface area contributed by atoms with Crippen LogP contribution in [-0.2, 0) is 55.8 Å². The molecule has 654 valence electrons. The van der Waals surface area contributed by atoms with Crippen LogP contribution in [0.4, 0.5) is 0 Å². The highest BCUT2D eigenvalue weighted by Gasteiger charge is 2.29. The van der Waals surface area contributed by atoms with Gasteiger partial charge in [0.2, 0.25) is 0 Å². The van der Waals surface area contributed by atoms with Crippen LogP contribution in [0.5, 0.6) is 0 Å². The Balaban J connectivity index is 4.32. The average Bonchev–Trinajstić information content (AvgIpc) is 0.901. The lowest BCUT2D eigenvalue weighted by molar-refractivity contribution is -0.161. The van der Waals surface area contributed by atoms with E-state index in [0.717, 1.165) is 122 Å². The molecule has 0 amide bonds. The van der Waals surface area contributed by atoms with Gasteiger partial charge in [0.05, 0.1) is 26.4 Å². The standard InChI is InChI=1S/C95H168O16P2/c1-4-7-10-13-16-19-22-24-26-28-30-32-34-36-38-40-42-43-44-45-47-49-50-52-54-56-58-60-62-64-67-69-72-75-78-81-93(98)105-84-90(96)85-107-112(101,102)108-86-91(97)87-109-113(103,104)110-89-92(111-95(100)83-80-77-74-71-66-21-18-15-12-9-6-3)88-106-94(99)82-79-76-73-70-68-65-63-61-59-57-55-53-51-48-46-41-39-37-35-33-31-29-27-25-23-20-17-14-11-8-5-2/h7,10,16-17,19-20,24-27,30-33,36-39,42-43,90-92,96-97H,4-6,8-9,11-15,18,21-23,28-29,34-35,40-41,44-89H2,1-3H3,(H,101,102)(H,103,104)/b10-7-,19-16-,20-17-,26-24-,27-25-,32-30-,33-31-,38-36-,39-37-,43-42-. The number of allylic oxidation sites excluding steroid dienone is 20. The second-order valence-corrected chi connectivity index (χ2v) is 33.6. The van der Waals surface area contributed by atoms with Crippen molar-refractivity contribution in [3.05, 3.63) is 122 Å². The molecule has 0 heterocycles. The van der Waals surface area contributed by atoms with Gasteiger partial charge in [-0.25, -0.2) is 9.13 Å². The maximum Gasteiger partial charge on any atom is 0.472 e. The zero-order chi connectivity index (χ0) is 82.2. The zero-order valence-electron chi connectivity index (χ0n) is 72.0. The van der Waals surface area contributed by atoms with Crippen LogP contribution in [-0.4, -0.2) is 95.9 Å². The predicted molar refractivity (Wildman–Crippen MR) is 473 cm³/mol. The van der Waals surface area contributed by atoms with Gasteiger partial charge >= 0.3 is 33.6 Å². The summed E-state index contributed by atoms with van der Waals surface area (Å²) in [5.41, 5.74) is 0. The SMILES string of the molecule is CC/C=C\C/C=C\C/C=C\C/C=C\C/C=C\C/C=C\CCCCCCCCCCCCCCCCCCC(=O)OCC(O)COP(=O)(O)OCC(O)COP(=O)(O)OCC(COC(=O)CCCCCCCCCCCCCCCCC/C=C\C/C=C\C/C=C\C/C=C\CCCCC)OC(=O)CCCCCCCCCCCCC. The number of phosphoric ester groups is 2. The molecule has 0 radical (unpaired) electrons. The number of hydrogen-bond acceptors (Lipinski definition) is 14. The van der Waals surface area contributed by atoms with Crippen molar-refractivity contribution in [3.8, 4) is 0 Å². The largest absolute Gasteiger partial charge is 0.472 e. The Hall–Kier alpha value is -4.05. The number of carbonyl (C=O) groups is 3. The Morgan fingerprint density at radius 2 is 0.469 bits per heavy atom. The van der Waals surface area contributed by atoms with Gasteiger partial charge in [-0.3, -0.25) is 32.5 Å². The minimum absolute atomic E-state index is 0.109. The summed E-state index contributed by atoms with van der Waals surface area (Å²) in [7, 11) is -9.78. The van der Waals surface area contributed by atoms with Crippen LogP contribution in [0, 0.1) is 0 Å². The first-order valence-corrected chi connectivity index (χ1v) is 48.8. The lowest BCUT2D eigenvalue weighted by Crippen LogP contribution is -2.30. The topological polar surface area (TPSA) is 231 Å². The summed E-state index contributed by atoms with van der Waals surface area (Å²) in [6.45, 7) is 2.59. The molecule has 16 nitrogen and oxygen atoms in total. The van der Waals surface area contributed by atoms with E-state index in [9.17, 15) is 43.5 Å². The Kier molecular flexibility index (Phi) is 84.1. The fourth-order valence-electron chi connectivity index (χ4n) is 12.7. The third kappa shape index (κ3) is 88.6. The smallest absolute Gasteiger partial charge is 0.463 e. The van der Waals surface area contributed by atoms with Gasteiger partial charge in [-0.1, -0.05) is 393 Å². The van der Waals surface area contributed by atoms with Crippen molar-refractivity contribution in [2.75, 3.05) is 39.6 Å². The van der Waals surface area contributed by atoms with E-state index in [2.05, 4.69) is 142 Å². The first kappa shape index (κ1) is 109. The van der Waals surface area contributed by atoms with Gasteiger partial charge in [0, 0.05) is 19.3 Å². The Morgan fingerprint density at radius 3 is 0.761 bits per heavy atom. The Labute approximate surface area is 691 Å². The highest BCUT2D eigenvalue weighted by molar-refractivity contribution is 7.47. The highest BCUT2D eigenvalue weighted by atomic mass is 31.2. The zero-order valence-corrected chi connectivity index (χ0v) is 73.8. The number of esters is 3. The maximum atomic E-state index is 13.0. The number of aliphatic hydroxyl groups is 2. The lowest BCUT2D eigenvalue weighted by atomic mass is 10.0. The minimum atomic E-state index is -4.93. The van der Waals surface area contributed by atoms with Crippen LogP contribution in [0.1, 0.15) is 406 Å². The Morgan fingerprint density at radius 1 is 0.257 bits per heavy atom. The highest BCUT2D eigenvalue weighted by Crippen LogP contribution is 2.45. The molecule has 5 unspecified atom stereocenters. The fourth-order valence-corrected chi connectivity index (χ4v) is 14.3. The molecule has 5 atom stereocenters. The molecular weight excluding hydrogens is 1460 g/mol. The van der Waals surface area contributed by atoms with Gasteiger partial charge in [-0.05, 0) is 116 Å². The van der Waals surface area contributed by atoms with Gasteiger partial charge in [0.1, 0.15) is 25.4 Å². The van der Waals surface area contributed by atoms with Gasteiger partial charge in [0.25, 0.3) is 0 Å². The summed E-state index contributed by atoms with van der Waals surface area (Å²) in [5.74, 6) is -1.55. The first-order chi connectivity index (χ1) is 55.2. The van der Waals surface area contributed by atoms with E-state index in [1.54, 1.807) is 0 Å². The van der Waals surface area contributed by atoms with Gasteiger partial charge < -0.3 is 34.2 Å². The third-order valence-electron chi connectivity index (χ3n) is 19.7. The van der Waals surface area contributed by atoms with Crippen molar-refractivity contribution in [1.29, 1.82) is 0 Å². The molecule has 0 saturated heterocycles. The summed E-state index contributed by atoms with van der Waals surface area (Å²) in [6, 6.07) is 0. The number of rotatable bonds is 87. The molecule has 113 heavy (non-hydrogen) atoms. The average molecular weight is 1630 g/mol. The molecule has 0 aliphatic rings. The second kappa shape index (κ2) is 87.3. The van der Waals surface area contributed by atoms with Gasteiger partial charge in [0.15, 0.2) is 6.10 Å². The summed E-state index contributed by atoms with van der Waals surface area (Å²) < 4.78 is 61.3. The van der Waals surface area contributed by atoms with Crippen molar-refractivity contribution in [2.45, 2.75) is 424 Å². The van der Waals surface area contributed by atoms with Crippen molar-refractivity contribution < 1.29 is 75.8 Å². The number of hydrogen-bond donors (Lipinski definition) is 4. The summed E-state index contributed by atoms with van der Waals surface area (Å²) in [4.78, 5) is 58.8. The van der Waals surface area contributed by atoms with E-state index >= 15 is 0 Å². The fraction of sp³-hybridized carbons (Fsp3) is 0.758. The number of unbranched alkanes of at least 4 members (excludes halogenated alkanes) is 44. The van der Waals surface area contributed by atoms with E-state index in [1.165, 1.54) is 225 Å². The van der Waals surface area contributed by atoms with E-state index in [0.29, 0.717) is 19.3 Å². The molecule has 0 rings (SSSR count). The quantitative estimate of drug-likeness (QED) is 0.0146. The van der Waals surface area contributed by atoms with E-state index < -0.39 is 91.5 Å². The van der Waals surface area contributed by atoms with Crippen LogP contribution >= 0.6 is 15.6 Å². The molecule has 0 bridgehead atoms. The molecule has 0 aromatic carbocycles. The van der Waals surface area contributed by atoms with Crippen molar-refractivity contribution in [1.82, 2.24) is 0 Å². The molecule has 0 aromatic rings. The second-order valence-electron chi connectivity index (χ2n) is 30.7. The number of ether oxygens (including phenoxy) is 3. The van der Waals surface area contributed by atoms with E-state index in [1.807, 2.05) is 0 Å². The number of carbonyl (C=O) groups excluding carboxylic acids is 3. The van der Waals surface area contributed by atoms with Crippen LogP contribution < -0.4 is 0 Å². The van der Waals surface area contributed by atoms with Crippen LogP contribution in [0.3, 0.4) is 0 Å². The molecule has 0 saturated carbocycles. The molecule has 0 aliphatic carbocycles. The summed E-state index contributed by atoms with van der Waals surface area (Å²) >= 11 is 0. The van der Waals surface area contributed by atoms with Gasteiger partial charge in [-0.2, -0.15) is 0 Å². The number of aliphatic hydroxyl groups excluding tert-OH is 2. The Bertz CT molecular complexity index is 2540. The molecule has 0 aliphatic heterocycles. The maximum absolute atomic E-state index is 13.0. The monoisotopic (exact) mass is 1630 g/mol. The molecule has 0 fully saturated rings. The van der Waals surface area contributed by atoms with Gasteiger partial charge in [-0.15, -0.1) is 0 Å². The molecule has 0 aromatic heterocycles. The lowest BCUT2D eigenvalue weighted by Gasteiger charge is -2.21. The summed E-state index contributed by atoms with van der Waals surface area (Å²) in [6.07, 6.45) is 107. The van der Waals surface area contributed by atoms with Crippen LogP contribution in [0.2, 0.25) is 0 Å². The van der Waals surface area contributed by atoms with Crippen molar-refractivity contribution in [3.63, 3.8) is 0 Å². The normalized spacial score (nSPS) is 14.4. The molecule has 18 heteroatoms. The van der Waals surface area contributed by atoms with E-state index in [-0.39, 0.29) is 19.3 Å².